The summed E-state index contributed by atoms with van der Waals surface area (Å²) in [5.41, 5.74) is 0. The van der Waals surface area contributed by atoms with E-state index in [1.54, 1.807) is 0 Å². The van der Waals surface area contributed by atoms with Crippen molar-refractivity contribution in [3.8, 4) is 0 Å². The lowest BCUT2D eigenvalue weighted by molar-refractivity contribution is 0.0992. The molecule has 0 bridgehead atoms. The number of ketones is 1. The number of hydrogen-bond acceptors (Lipinski definition) is 2. The van der Waals surface area contributed by atoms with Crippen LogP contribution in [0.4, 0.5) is 0 Å². The Kier molecular flexibility index (Phi) is 4.23. The summed E-state index contributed by atoms with van der Waals surface area (Å²) in [5.74, 6) is 0.466. The molecule has 0 amide bonds. The third kappa shape index (κ3) is 2.31. The lowest BCUT2D eigenvalue weighted by Gasteiger charge is -1.94. The Morgan fingerprint density at radius 1 is 1.58 bits per heavy atom. The molecule has 1 aromatic heterocycles. The van der Waals surface area contributed by atoms with Crippen LogP contribution in [-0.4, -0.2) is 11.7 Å². The number of alkyl halides is 1. The maximum atomic E-state index is 11.4. The van der Waals surface area contributed by atoms with Gasteiger partial charge in [-0.3, -0.25) is 4.79 Å². The van der Waals surface area contributed by atoms with Gasteiger partial charge in [0.2, 0.25) is 0 Å². The highest BCUT2D eigenvalue weighted by atomic mass is 79.9. The number of rotatable bonds is 3. The van der Waals surface area contributed by atoms with Crippen molar-refractivity contribution in [2.75, 3.05) is 5.88 Å². The summed E-state index contributed by atoms with van der Waals surface area (Å²) >= 11 is 13.5. The van der Waals surface area contributed by atoms with Gasteiger partial charge < -0.3 is 0 Å². The van der Waals surface area contributed by atoms with Crippen LogP contribution in [0.5, 0.6) is 0 Å². The van der Waals surface area contributed by atoms with Crippen LogP contribution in [0.2, 0.25) is 0 Å². The van der Waals surface area contributed by atoms with Crippen LogP contribution >= 0.6 is 54.8 Å². The van der Waals surface area contributed by atoms with E-state index in [0.29, 0.717) is 12.3 Å². The van der Waals surface area contributed by atoms with E-state index in [1.165, 1.54) is 11.3 Å². The van der Waals surface area contributed by atoms with Crippen LogP contribution in [0.1, 0.15) is 16.1 Å². The second-order valence-corrected chi connectivity index (χ2v) is 4.99. The van der Waals surface area contributed by atoms with Gasteiger partial charge in [0, 0.05) is 22.2 Å². The summed E-state index contributed by atoms with van der Waals surface area (Å²) in [4.78, 5) is 12.1. The molecule has 0 radical (unpaired) electrons. The third-order valence-electron chi connectivity index (χ3n) is 1.26. The molecule has 0 saturated carbocycles. The van der Waals surface area contributed by atoms with Gasteiger partial charge in [0.15, 0.2) is 5.78 Å². The Morgan fingerprint density at radius 2 is 2.25 bits per heavy atom. The van der Waals surface area contributed by atoms with E-state index in [-0.39, 0.29) is 5.78 Å². The smallest absolute Gasteiger partial charge is 0.175 e. The fraction of sp³-hybridized carbons (Fsp3) is 0.286. The molecule has 1 rings (SSSR count). The molecule has 1 heterocycles. The quantitative estimate of drug-likeness (QED) is 0.602. The van der Waals surface area contributed by atoms with Gasteiger partial charge in [-0.05, 0) is 31.9 Å². The molecule has 0 fully saturated rings. The van der Waals surface area contributed by atoms with Crippen molar-refractivity contribution in [2.24, 2.45) is 0 Å². The minimum atomic E-state index is 0.0903. The van der Waals surface area contributed by atoms with Gasteiger partial charge in [0.05, 0.1) is 9.35 Å². The zero-order chi connectivity index (χ0) is 9.14. The lowest BCUT2D eigenvalue weighted by Crippen LogP contribution is -1.96. The molecule has 0 atom stereocenters. The summed E-state index contributed by atoms with van der Waals surface area (Å²) in [6.07, 6.45) is 0.396. The van der Waals surface area contributed by atoms with E-state index < -0.39 is 0 Å². The van der Waals surface area contributed by atoms with Crippen LogP contribution < -0.4 is 0 Å². The number of halogens is 3. The lowest BCUT2D eigenvalue weighted by atomic mass is 10.3. The zero-order valence-electron chi connectivity index (χ0n) is 5.94. The van der Waals surface area contributed by atoms with Crippen molar-refractivity contribution < 1.29 is 4.79 Å². The van der Waals surface area contributed by atoms with Crippen molar-refractivity contribution in [1.29, 1.82) is 0 Å². The Bertz CT molecular complexity index is 298. The molecule has 0 aliphatic heterocycles. The molecule has 1 aromatic rings. The molecule has 0 aliphatic rings. The zero-order valence-corrected chi connectivity index (χ0v) is 10.7. The van der Waals surface area contributed by atoms with Crippen LogP contribution in [0.25, 0.3) is 0 Å². The van der Waals surface area contributed by atoms with Gasteiger partial charge >= 0.3 is 0 Å². The first-order chi connectivity index (χ1) is 5.66. The number of carbonyl (C=O) groups excluding carboxylic acids is 1. The first-order valence-corrected chi connectivity index (χ1v) is 6.18. The maximum absolute atomic E-state index is 11.4. The number of Topliss-reactive ketones (excluding diaryl/α,β-unsaturated/α-hetero) is 1. The maximum Gasteiger partial charge on any atom is 0.175 e. The highest BCUT2D eigenvalue weighted by Gasteiger charge is 2.13. The topological polar surface area (TPSA) is 17.1 Å². The molecular formula is C7H5Br2ClOS. The van der Waals surface area contributed by atoms with Crippen molar-refractivity contribution >= 4 is 60.6 Å². The molecule has 0 N–H and O–H groups in total. The minimum absolute atomic E-state index is 0.0903. The van der Waals surface area contributed by atoms with Crippen molar-refractivity contribution in [3.63, 3.8) is 0 Å². The van der Waals surface area contributed by atoms with E-state index in [4.69, 9.17) is 11.6 Å². The predicted molar refractivity (Wildman–Crippen MR) is 59.4 cm³/mol. The molecule has 0 aliphatic carbocycles. The van der Waals surface area contributed by atoms with Gasteiger partial charge in [-0.2, -0.15) is 0 Å². The highest BCUT2D eigenvalue weighted by molar-refractivity contribution is 9.13. The summed E-state index contributed by atoms with van der Waals surface area (Å²) in [6.45, 7) is 0. The summed E-state index contributed by atoms with van der Waals surface area (Å²) in [7, 11) is 0. The standard InChI is InChI=1S/C7H5Br2ClOS/c8-4-3-12-7(6(4)9)5(11)1-2-10/h3H,1-2H2. The van der Waals surface area contributed by atoms with Crippen molar-refractivity contribution in [2.45, 2.75) is 6.42 Å². The fourth-order valence-electron chi connectivity index (χ4n) is 0.710. The van der Waals surface area contributed by atoms with E-state index in [0.717, 1.165) is 13.8 Å². The van der Waals surface area contributed by atoms with Crippen LogP contribution in [0.15, 0.2) is 14.3 Å². The average molecular weight is 332 g/mol. The Morgan fingerprint density at radius 3 is 2.67 bits per heavy atom. The summed E-state index contributed by atoms with van der Waals surface area (Å²) in [6, 6.07) is 0. The molecule has 12 heavy (non-hydrogen) atoms. The molecule has 0 unspecified atom stereocenters. The third-order valence-corrected chi connectivity index (χ3v) is 5.02. The number of carbonyl (C=O) groups is 1. The summed E-state index contributed by atoms with van der Waals surface area (Å²) < 4.78 is 1.76. The van der Waals surface area contributed by atoms with E-state index in [1.807, 2.05) is 5.38 Å². The van der Waals surface area contributed by atoms with Gasteiger partial charge in [-0.1, -0.05) is 0 Å². The van der Waals surface area contributed by atoms with Gasteiger partial charge in [-0.25, -0.2) is 0 Å². The van der Waals surface area contributed by atoms with E-state index in [9.17, 15) is 4.79 Å². The van der Waals surface area contributed by atoms with Gasteiger partial charge in [-0.15, -0.1) is 22.9 Å². The molecular weight excluding hydrogens is 327 g/mol. The Labute approximate surface area is 96.4 Å². The largest absolute Gasteiger partial charge is 0.293 e. The van der Waals surface area contributed by atoms with Crippen LogP contribution in [-0.2, 0) is 0 Å². The first-order valence-electron chi connectivity index (χ1n) is 3.18. The highest BCUT2D eigenvalue weighted by Crippen LogP contribution is 2.33. The average Bonchev–Trinajstić information content (AvgIpc) is 2.34. The van der Waals surface area contributed by atoms with Crippen molar-refractivity contribution in [3.05, 3.63) is 19.2 Å². The number of thiophene rings is 1. The van der Waals surface area contributed by atoms with Gasteiger partial charge in [0.1, 0.15) is 0 Å². The Balaban J connectivity index is 2.88. The normalized spacial score (nSPS) is 10.2. The van der Waals surface area contributed by atoms with Crippen molar-refractivity contribution in [1.82, 2.24) is 0 Å². The van der Waals surface area contributed by atoms with E-state index in [2.05, 4.69) is 31.9 Å². The van der Waals surface area contributed by atoms with Gasteiger partial charge in [0.25, 0.3) is 0 Å². The second kappa shape index (κ2) is 4.74. The molecule has 1 nitrogen and oxygen atoms in total. The molecule has 0 aromatic carbocycles. The second-order valence-electron chi connectivity index (χ2n) is 2.09. The van der Waals surface area contributed by atoms with E-state index >= 15 is 0 Å². The van der Waals surface area contributed by atoms with Crippen LogP contribution in [0.3, 0.4) is 0 Å². The SMILES string of the molecule is O=C(CCCl)c1scc(Br)c1Br. The molecule has 0 saturated heterocycles. The monoisotopic (exact) mass is 330 g/mol. The molecule has 0 spiro atoms. The van der Waals surface area contributed by atoms with Crippen LogP contribution in [0, 0.1) is 0 Å². The molecule has 66 valence electrons. The minimum Gasteiger partial charge on any atom is -0.293 e. The predicted octanol–water partition coefficient (Wildman–Crippen LogP) is 4.08. The molecule has 5 heteroatoms. The fourth-order valence-corrected chi connectivity index (χ4v) is 3.05. The summed E-state index contributed by atoms with van der Waals surface area (Å²) in [5, 5.41) is 1.88. The number of hydrogen-bond donors (Lipinski definition) is 0. The Hall–Kier alpha value is 0.620. The first kappa shape index (κ1) is 10.7.